The van der Waals surface area contributed by atoms with Gasteiger partial charge in [0.1, 0.15) is 11.5 Å². The van der Waals surface area contributed by atoms with Gasteiger partial charge < -0.3 is 0 Å². The Balaban J connectivity index is 3.29. The van der Waals surface area contributed by atoms with Crippen molar-refractivity contribution in [1.82, 2.24) is 9.78 Å². The van der Waals surface area contributed by atoms with Crippen LogP contribution in [0.25, 0.3) is 12.0 Å². The second-order valence-electron chi connectivity index (χ2n) is 3.14. The van der Waals surface area contributed by atoms with E-state index in [1.807, 2.05) is 13.8 Å². The third kappa shape index (κ3) is 1.69. The molecule has 0 aliphatic carbocycles. The summed E-state index contributed by atoms with van der Waals surface area (Å²) in [6, 6.07) is 0. The van der Waals surface area contributed by atoms with E-state index in [0.29, 0.717) is 5.69 Å². The van der Waals surface area contributed by atoms with E-state index in [-0.39, 0.29) is 5.92 Å². The fraction of sp³-hybridized carbons (Fsp3) is 0.300. The van der Waals surface area contributed by atoms with Gasteiger partial charge in [0.15, 0.2) is 0 Å². The number of nitrogens with zero attached hydrogens (tertiary/aromatic N) is 2. The van der Waals surface area contributed by atoms with Gasteiger partial charge in [0.05, 0.1) is 6.20 Å². The summed E-state index contributed by atoms with van der Waals surface area (Å²) in [5.74, 6) is -0.239. The Labute approximate surface area is 77.4 Å². The van der Waals surface area contributed by atoms with Crippen molar-refractivity contribution < 1.29 is 4.39 Å². The molecule has 1 aromatic rings. The first-order chi connectivity index (χ1) is 6.07. The van der Waals surface area contributed by atoms with E-state index < -0.39 is 5.83 Å². The van der Waals surface area contributed by atoms with E-state index in [9.17, 15) is 4.39 Å². The van der Waals surface area contributed by atoms with Gasteiger partial charge in [-0.25, -0.2) is 9.07 Å². The first-order valence-corrected chi connectivity index (χ1v) is 4.12. The molecule has 0 bridgehead atoms. The number of aromatic nitrogens is 2. The highest BCUT2D eigenvalue weighted by Crippen LogP contribution is 2.25. The first-order valence-electron chi connectivity index (χ1n) is 4.12. The van der Waals surface area contributed by atoms with Crippen LogP contribution in [0.5, 0.6) is 0 Å². The molecule has 70 valence electrons. The summed E-state index contributed by atoms with van der Waals surface area (Å²) in [6.07, 6.45) is 3.11. The Morgan fingerprint density at radius 1 is 1.69 bits per heavy atom. The Hall–Kier alpha value is -1.38. The highest BCUT2D eigenvalue weighted by Gasteiger charge is 2.14. The van der Waals surface area contributed by atoms with Gasteiger partial charge in [-0.2, -0.15) is 5.10 Å². The molecule has 0 fully saturated rings. The Bertz CT molecular complexity index is 337. The predicted octanol–water partition coefficient (Wildman–Crippen LogP) is 3.05. The van der Waals surface area contributed by atoms with Crippen LogP contribution >= 0.6 is 0 Å². The topological polar surface area (TPSA) is 17.8 Å². The molecule has 0 unspecified atom stereocenters. The average Bonchev–Trinajstić information content (AvgIpc) is 2.46. The lowest BCUT2D eigenvalue weighted by Crippen LogP contribution is -1.96. The van der Waals surface area contributed by atoms with Crippen molar-refractivity contribution in [2.75, 3.05) is 0 Å². The lowest BCUT2D eigenvalue weighted by molar-refractivity contribution is 0.733. The fourth-order valence-electron chi connectivity index (χ4n) is 1.22. The lowest BCUT2D eigenvalue weighted by Gasteiger charge is -2.05. The van der Waals surface area contributed by atoms with E-state index in [1.54, 1.807) is 6.20 Å². The van der Waals surface area contributed by atoms with Crippen LogP contribution in [0.15, 0.2) is 19.4 Å². The SMILES string of the molecule is C=Cn1ncc(C(C)C)c1C(=C)F. The van der Waals surface area contributed by atoms with Crippen LogP contribution in [0.2, 0.25) is 0 Å². The number of halogens is 1. The summed E-state index contributed by atoms with van der Waals surface area (Å²) in [7, 11) is 0. The Kier molecular flexibility index (Phi) is 2.66. The van der Waals surface area contributed by atoms with Gasteiger partial charge in [-0.15, -0.1) is 0 Å². The lowest BCUT2D eigenvalue weighted by atomic mass is 10.0. The molecule has 3 heteroatoms. The monoisotopic (exact) mass is 180 g/mol. The third-order valence-corrected chi connectivity index (χ3v) is 1.88. The van der Waals surface area contributed by atoms with Gasteiger partial charge in [-0.1, -0.05) is 27.0 Å². The minimum Gasteiger partial charge on any atom is -0.238 e. The van der Waals surface area contributed by atoms with Crippen LogP contribution in [0.3, 0.4) is 0 Å². The average molecular weight is 180 g/mol. The van der Waals surface area contributed by atoms with Crippen molar-refractivity contribution in [2.45, 2.75) is 19.8 Å². The summed E-state index contributed by atoms with van der Waals surface area (Å²) in [5, 5.41) is 3.97. The van der Waals surface area contributed by atoms with Crippen LogP contribution in [0.4, 0.5) is 4.39 Å². The van der Waals surface area contributed by atoms with Gasteiger partial charge in [0.25, 0.3) is 0 Å². The molecule has 0 atom stereocenters. The third-order valence-electron chi connectivity index (χ3n) is 1.88. The zero-order valence-corrected chi connectivity index (χ0v) is 7.92. The summed E-state index contributed by atoms with van der Waals surface area (Å²) in [6.45, 7) is 10.8. The molecule has 13 heavy (non-hydrogen) atoms. The second kappa shape index (κ2) is 3.56. The first kappa shape index (κ1) is 9.71. The molecule has 2 nitrogen and oxygen atoms in total. The standard InChI is InChI=1S/C10H13FN2/c1-5-13-10(8(4)11)9(6-12-13)7(2)3/h5-7H,1,4H2,2-3H3. The maximum Gasteiger partial charge on any atom is 0.142 e. The van der Waals surface area contributed by atoms with Gasteiger partial charge >= 0.3 is 0 Å². The van der Waals surface area contributed by atoms with Crippen molar-refractivity contribution in [1.29, 1.82) is 0 Å². The van der Waals surface area contributed by atoms with Crippen molar-refractivity contribution in [2.24, 2.45) is 0 Å². The van der Waals surface area contributed by atoms with Crippen molar-refractivity contribution in [3.63, 3.8) is 0 Å². The van der Waals surface area contributed by atoms with Crippen LogP contribution in [0, 0.1) is 0 Å². The zero-order chi connectivity index (χ0) is 10.0. The molecular formula is C10H13FN2. The van der Waals surface area contributed by atoms with E-state index >= 15 is 0 Å². The molecule has 0 amide bonds. The molecule has 1 aromatic heterocycles. The quantitative estimate of drug-likeness (QED) is 0.699. The second-order valence-corrected chi connectivity index (χ2v) is 3.14. The maximum absolute atomic E-state index is 13.0. The summed E-state index contributed by atoms with van der Waals surface area (Å²) in [4.78, 5) is 0. The van der Waals surface area contributed by atoms with E-state index in [0.717, 1.165) is 5.56 Å². The number of hydrogen-bond acceptors (Lipinski definition) is 1. The van der Waals surface area contributed by atoms with Gasteiger partial charge in [-0.05, 0) is 5.92 Å². The summed E-state index contributed by atoms with van der Waals surface area (Å²) >= 11 is 0. The molecule has 0 radical (unpaired) electrons. The molecule has 0 spiro atoms. The van der Waals surface area contributed by atoms with E-state index in [2.05, 4.69) is 18.3 Å². The van der Waals surface area contributed by atoms with Crippen LogP contribution in [-0.4, -0.2) is 9.78 Å². The predicted molar refractivity (Wildman–Crippen MR) is 52.8 cm³/mol. The van der Waals surface area contributed by atoms with Gasteiger partial charge in [-0.3, -0.25) is 0 Å². The Morgan fingerprint density at radius 3 is 2.69 bits per heavy atom. The van der Waals surface area contributed by atoms with Crippen LogP contribution in [0.1, 0.15) is 31.0 Å². The number of rotatable bonds is 3. The molecule has 0 aliphatic rings. The molecule has 0 saturated heterocycles. The van der Waals surface area contributed by atoms with Crippen molar-refractivity contribution >= 4 is 12.0 Å². The molecule has 1 rings (SSSR count). The molecular weight excluding hydrogens is 167 g/mol. The molecule has 0 N–H and O–H groups in total. The van der Waals surface area contributed by atoms with Gasteiger partial charge in [0, 0.05) is 11.8 Å². The minimum atomic E-state index is -0.471. The largest absolute Gasteiger partial charge is 0.238 e. The van der Waals surface area contributed by atoms with Crippen molar-refractivity contribution in [3.8, 4) is 0 Å². The Morgan fingerprint density at radius 2 is 2.31 bits per heavy atom. The smallest absolute Gasteiger partial charge is 0.142 e. The van der Waals surface area contributed by atoms with Crippen LogP contribution in [-0.2, 0) is 0 Å². The normalized spacial score (nSPS) is 10.5. The molecule has 0 aromatic carbocycles. The summed E-state index contributed by atoms with van der Waals surface area (Å²) in [5.41, 5.74) is 1.28. The summed E-state index contributed by atoms with van der Waals surface area (Å²) < 4.78 is 14.4. The fourth-order valence-corrected chi connectivity index (χ4v) is 1.22. The van der Waals surface area contributed by atoms with E-state index in [4.69, 9.17) is 0 Å². The zero-order valence-electron chi connectivity index (χ0n) is 7.92. The number of hydrogen-bond donors (Lipinski definition) is 0. The highest BCUT2D eigenvalue weighted by molar-refractivity contribution is 5.59. The highest BCUT2D eigenvalue weighted by atomic mass is 19.1. The van der Waals surface area contributed by atoms with Gasteiger partial charge in [0.2, 0.25) is 0 Å². The van der Waals surface area contributed by atoms with E-state index in [1.165, 1.54) is 10.9 Å². The maximum atomic E-state index is 13.0. The molecule has 0 aliphatic heterocycles. The molecule has 1 heterocycles. The molecule has 0 saturated carbocycles. The van der Waals surface area contributed by atoms with Crippen LogP contribution < -0.4 is 0 Å². The minimum absolute atomic E-state index is 0.233. The van der Waals surface area contributed by atoms with Crippen molar-refractivity contribution in [3.05, 3.63) is 30.6 Å².